The molecular formula is C16H18FN3O4. The highest BCUT2D eigenvalue weighted by atomic mass is 19.1. The molecule has 1 fully saturated rings. The predicted molar refractivity (Wildman–Crippen MR) is 81.3 cm³/mol. The number of likely N-dealkylation sites (tertiary alicyclic amines) is 1. The average Bonchev–Trinajstić information content (AvgIpc) is 3.16. The number of halogens is 1. The minimum absolute atomic E-state index is 0.207. The molecule has 2 aromatic rings. The zero-order valence-electron chi connectivity index (χ0n) is 13.4. The summed E-state index contributed by atoms with van der Waals surface area (Å²) in [5.74, 6) is -0.189. The molecule has 3 rings (SSSR count). The monoisotopic (exact) mass is 335 g/mol. The second-order valence-electron chi connectivity index (χ2n) is 5.83. The Labute approximate surface area is 138 Å². The zero-order chi connectivity index (χ0) is 17.3. The molecule has 0 saturated carbocycles. The van der Waals surface area contributed by atoms with Crippen LogP contribution in [0.2, 0.25) is 0 Å². The van der Waals surface area contributed by atoms with Crippen molar-refractivity contribution in [3.05, 3.63) is 35.5 Å². The predicted octanol–water partition coefficient (Wildman–Crippen LogP) is 1.29. The van der Waals surface area contributed by atoms with Crippen molar-refractivity contribution in [1.82, 2.24) is 15.0 Å². The van der Waals surface area contributed by atoms with E-state index >= 15 is 0 Å². The van der Waals surface area contributed by atoms with E-state index in [1.54, 1.807) is 24.0 Å². The molecule has 0 spiro atoms. The van der Waals surface area contributed by atoms with Gasteiger partial charge in [0.1, 0.15) is 11.9 Å². The number of aliphatic hydroxyl groups excluding tert-OH is 1. The van der Waals surface area contributed by atoms with E-state index in [1.807, 2.05) is 0 Å². The molecule has 2 heterocycles. The number of ether oxygens (including phenoxy) is 1. The van der Waals surface area contributed by atoms with Gasteiger partial charge in [0.25, 0.3) is 0 Å². The van der Waals surface area contributed by atoms with Crippen LogP contribution in [0.3, 0.4) is 0 Å². The molecule has 1 saturated heterocycles. The van der Waals surface area contributed by atoms with E-state index in [9.17, 15) is 14.3 Å². The highest BCUT2D eigenvalue weighted by Crippen LogP contribution is 2.23. The van der Waals surface area contributed by atoms with Gasteiger partial charge in [-0.25, -0.2) is 4.39 Å². The van der Waals surface area contributed by atoms with E-state index in [-0.39, 0.29) is 24.1 Å². The third-order valence-electron chi connectivity index (χ3n) is 4.09. The third kappa shape index (κ3) is 3.29. The number of esters is 1. The van der Waals surface area contributed by atoms with Crippen LogP contribution in [0, 0.1) is 12.7 Å². The Morgan fingerprint density at radius 1 is 1.54 bits per heavy atom. The van der Waals surface area contributed by atoms with Crippen molar-refractivity contribution in [2.45, 2.75) is 32.0 Å². The lowest BCUT2D eigenvalue weighted by molar-refractivity contribution is -0.146. The third-order valence-corrected chi connectivity index (χ3v) is 4.09. The maximum absolute atomic E-state index is 13.6. The number of aromatic nitrogens is 2. The Morgan fingerprint density at radius 3 is 3.04 bits per heavy atom. The molecule has 0 radical (unpaired) electrons. The van der Waals surface area contributed by atoms with Crippen molar-refractivity contribution in [1.29, 1.82) is 0 Å². The van der Waals surface area contributed by atoms with Gasteiger partial charge in [-0.2, -0.15) is 4.98 Å². The Bertz CT molecular complexity index is 749. The van der Waals surface area contributed by atoms with Gasteiger partial charge < -0.3 is 14.4 Å². The number of aliphatic hydroxyl groups is 1. The number of β-amino-alcohol motifs (C(OH)–C–C–N with tert-alkyl or cyclic N) is 1. The molecule has 0 bridgehead atoms. The van der Waals surface area contributed by atoms with Crippen molar-refractivity contribution in [2.24, 2.45) is 0 Å². The summed E-state index contributed by atoms with van der Waals surface area (Å²) >= 11 is 0. The van der Waals surface area contributed by atoms with Crippen LogP contribution in [0.25, 0.3) is 11.4 Å². The van der Waals surface area contributed by atoms with E-state index in [4.69, 9.17) is 9.26 Å². The summed E-state index contributed by atoms with van der Waals surface area (Å²) < 4.78 is 23.6. The fourth-order valence-corrected chi connectivity index (χ4v) is 2.78. The number of carbonyl (C=O) groups excluding carboxylic acids is 1. The quantitative estimate of drug-likeness (QED) is 0.842. The smallest absolute Gasteiger partial charge is 0.323 e. The van der Waals surface area contributed by atoms with Gasteiger partial charge in [0, 0.05) is 18.5 Å². The fourth-order valence-electron chi connectivity index (χ4n) is 2.78. The molecule has 1 N–H and O–H groups in total. The normalized spacial score (nSPS) is 21.2. The summed E-state index contributed by atoms with van der Waals surface area (Å²) in [6, 6.07) is 4.16. The molecule has 1 aromatic heterocycles. The van der Waals surface area contributed by atoms with Gasteiger partial charge in [-0.1, -0.05) is 17.3 Å². The summed E-state index contributed by atoms with van der Waals surface area (Å²) in [4.78, 5) is 17.7. The number of aryl methyl sites for hydroxylation is 1. The van der Waals surface area contributed by atoms with Gasteiger partial charge in [0.2, 0.25) is 11.7 Å². The van der Waals surface area contributed by atoms with Gasteiger partial charge in [-0.3, -0.25) is 9.69 Å². The van der Waals surface area contributed by atoms with Crippen LogP contribution in [0.15, 0.2) is 22.7 Å². The molecule has 0 unspecified atom stereocenters. The van der Waals surface area contributed by atoms with Crippen molar-refractivity contribution in [2.75, 3.05) is 13.7 Å². The molecule has 7 nitrogen and oxygen atoms in total. The van der Waals surface area contributed by atoms with Crippen LogP contribution >= 0.6 is 0 Å². The minimum atomic E-state index is -0.609. The minimum Gasteiger partial charge on any atom is -0.468 e. The van der Waals surface area contributed by atoms with Gasteiger partial charge >= 0.3 is 5.97 Å². The molecule has 128 valence electrons. The molecule has 2 atom stereocenters. The maximum atomic E-state index is 13.6. The lowest BCUT2D eigenvalue weighted by atomic mass is 10.1. The largest absolute Gasteiger partial charge is 0.468 e. The van der Waals surface area contributed by atoms with Crippen LogP contribution in [-0.4, -0.2) is 51.9 Å². The van der Waals surface area contributed by atoms with Gasteiger partial charge in [-0.05, 0) is 18.6 Å². The van der Waals surface area contributed by atoms with Gasteiger partial charge in [-0.15, -0.1) is 0 Å². The number of hydrogen-bond donors (Lipinski definition) is 1. The first-order valence-electron chi connectivity index (χ1n) is 7.57. The molecule has 8 heteroatoms. The van der Waals surface area contributed by atoms with Crippen molar-refractivity contribution in [3.8, 4) is 11.4 Å². The molecule has 24 heavy (non-hydrogen) atoms. The molecule has 0 aliphatic carbocycles. The van der Waals surface area contributed by atoms with E-state index in [0.717, 1.165) is 0 Å². The molecule has 1 aliphatic heterocycles. The van der Waals surface area contributed by atoms with Crippen molar-refractivity contribution in [3.63, 3.8) is 0 Å². The van der Waals surface area contributed by atoms with Crippen LogP contribution in [0.4, 0.5) is 4.39 Å². The molecule has 1 aliphatic rings. The number of nitrogens with zero attached hydrogens (tertiary/aromatic N) is 3. The average molecular weight is 335 g/mol. The topological polar surface area (TPSA) is 88.7 Å². The lowest BCUT2D eigenvalue weighted by Gasteiger charge is -2.19. The maximum Gasteiger partial charge on any atom is 0.323 e. The second-order valence-corrected chi connectivity index (χ2v) is 5.83. The highest BCUT2D eigenvalue weighted by Gasteiger charge is 2.37. The highest BCUT2D eigenvalue weighted by molar-refractivity contribution is 5.76. The van der Waals surface area contributed by atoms with E-state index in [1.165, 1.54) is 13.2 Å². The SMILES string of the molecule is COC(=O)[C@@H]1C[C@@H](O)CN1Cc1nc(-c2ccc(C)c(F)c2)no1. The van der Waals surface area contributed by atoms with E-state index < -0.39 is 18.1 Å². The lowest BCUT2D eigenvalue weighted by Crippen LogP contribution is -2.36. The number of methoxy groups -OCH3 is 1. The van der Waals surface area contributed by atoms with Crippen LogP contribution in [-0.2, 0) is 16.1 Å². The van der Waals surface area contributed by atoms with Crippen LogP contribution in [0.1, 0.15) is 17.9 Å². The summed E-state index contributed by atoms with van der Waals surface area (Å²) in [7, 11) is 1.31. The van der Waals surface area contributed by atoms with E-state index in [2.05, 4.69) is 10.1 Å². The Hall–Kier alpha value is -2.32. The van der Waals surface area contributed by atoms with Crippen molar-refractivity contribution >= 4 is 5.97 Å². The number of carbonyl (C=O) groups is 1. The standard InChI is InChI=1S/C16H18FN3O4/c1-9-3-4-10(5-12(9)17)15-18-14(24-19-15)8-20-7-11(21)6-13(20)16(22)23-2/h3-5,11,13,21H,6-8H2,1-2H3/t11-,13+/m1/s1. The Morgan fingerprint density at radius 2 is 2.33 bits per heavy atom. The summed E-state index contributed by atoms with van der Waals surface area (Å²) in [6.45, 7) is 2.20. The van der Waals surface area contributed by atoms with E-state index in [0.29, 0.717) is 24.1 Å². The summed E-state index contributed by atoms with van der Waals surface area (Å²) in [6.07, 6.45) is -0.306. The van der Waals surface area contributed by atoms with Gasteiger partial charge in [0.15, 0.2) is 0 Å². The summed E-state index contributed by atoms with van der Waals surface area (Å²) in [5.41, 5.74) is 1.05. The van der Waals surface area contributed by atoms with Gasteiger partial charge in [0.05, 0.1) is 19.8 Å². The molecular weight excluding hydrogens is 317 g/mol. The number of benzene rings is 1. The Balaban J connectivity index is 1.76. The molecule has 0 amide bonds. The first kappa shape index (κ1) is 16.5. The molecule has 1 aromatic carbocycles. The zero-order valence-corrected chi connectivity index (χ0v) is 13.4. The second kappa shape index (κ2) is 6.66. The number of rotatable bonds is 4. The number of hydrogen-bond acceptors (Lipinski definition) is 7. The first-order valence-corrected chi connectivity index (χ1v) is 7.57. The first-order chi connectivity index (χ1) is 11.5. The summed E-state index contributed by atoms with van der Waals surface area (Å²) in [5, 5.41) is 13.6. The Kier molecular flexibility index (Phi) is 4.59. The van der Waals surface area contributed by atoms with Crippen molar-refractivity contribution < 1.29 is 23.6 Å². The van der Waals surface area contributed by atoms with Crippen LogP contribution in [0.5, 0.6) is 0 Å². The van der Waals surface area contributed by atoms with Crippen LogP contribution < -0.4 is 0 Å². The fraction of sp³-hybridized carbons (Fsp3) is 0.438.